The van der Waals surface area contributed by atoms with Gasteiger partial charge in [-0.3, -0.25) is 0 Å². The number of nitrogens with one attached hydrogen (secondary N) is 1. The third kappa shape index (κ3) is 2.00. The summed E-state index contributed by atoms with van der Waals surface area (Å²) in [5, 5.41) is 12.5. The van der Waals surface area contributed by atoms with Crippen molar-refractivity contribution in [3.63, 3.8) is 0 Å². The van der Waals surface area contributed by atoms with Crippen LogP contribution < -0.4 is 5.32 Å². The molecule has 1 aromatic rings. The Bertz CT molecular complexity index is 316. The molecule has 1 heterocycles. The topological polar surface area (TPSA) is 32.3 Å². The highest BCUT2D eigenvalue weighted by Gasteiger charge is 2.27. The lowest BCUT2D eigenvalue weighted by atomic mass is 9.92. The van der Waals surface area contributed by atoms with E-state index in [4.69, 9.17) is 0 Å². The summed E-state index contributed by atoms with van der Waals surface area (Å²) in [6.45, 7) is 1.22. The highest BCUT2D eigenvalue weighted by molar-refractivity contribution is 9.10. The van der Waals surface area contributed by atoms with E-state index in [1.807, 2.05) is 12.1 Å². The lowest BCUT2D eigenvalue weighted by Gasteiger charge is -2.17. The van der Waals surface area contributed by atoms with E-state index in [0.29, 0.717) is 5.92 Å². The van der Waals surface area contributed by atoms with Gasteiger partial charge < -0.3 is 10.4 Å². The molecular formula is C11H14BrNO. The molecule has 1 aromatic carbocycles. The van der Waals surface area contributed by atoms with Gasteiger partial charge in [-0.1, -0.05) is 28.1 Å². The molecule has 2 unspecified atom stereocenters. The molecule has 2 rings (SSSR count). The Balaban J connectivity index is 2.21. The van der Waals surface area contributed by atoms with E-state index in [1.165, 1.54) is 5.56 Å². The van der Waals surface area contributed by atoms with Gasteiger partial charge in [0.25, 0.3) is 0 Å². The maximum atomic E-state index is 9.19. The molecule has 1 aliphatic rings. The molecular weight excluding hydrogens is 242 g/mol. The normalized spacial score (nSPS) is 26.7. The van der Waals surface area contributed by atoms with Crippen molar-refractivity contribution in [1.29, 1.82) is 0 Å². The lowest BCUT2D eigenvalue weighted by Crippen LogP contribution is -2.29. The number of aliphatic hydroxyl groups excluding tert-OH is 1. The summed E-state index contributed by atoms with van der Waals surface area (Å²) in [5.74, 6) is 0.456. The Morgan fingerprint density at radius 1 is 1.50 bits per heavy atom. The van der Waals surface area contributed by atoms with Crippen LogP contribution in [0.25, 0.3) is 0 Å². The summed E-state index contributed by atoms with van der Waals surface area (Å²) < 4.78 is 1.11. The zero-order valence-electron chi connectivity index (χ0n) is 7.91. The Morgan fingerprint density at radius 3 is 3.07 bits per heavy atom. The van der Waals surface area contributed by atoms with Gasteiger partial charge in [-0.25, -0.2) is 0 Å². The van der Waals surface area contributed by atoms with Gasteiger partial charge in [-0.05, 0) is 30.7 Å². The first-order valence-electron chi connectivity index (χ1n) is 4.91. The van der Waals surface area contributed by atoms with Crippen LogP contribution in [0.5, 0.6) is 0 Å². The Labute approximate surface area is 92.5 Å². The molecule has 0 aliphatic carbocycles. The summed E-state index contributed by atoms with van der Waals surface area (Å²) in [6, 6.07) is 8.57. The molecule has 0 radical (unpaired) electrons. The molecule has 2 nitrogen and oxygen atoms in total. The van der Waals surface area contributed by atoms with Crippen LogP contribution >= 0.6 is 15.9 Å². The SMILES string of the molecule is OCC1NCCC1c1cccc(Br)c1. The van der Waals surface area contributed by atoms with Crippen LogP contribution in [0.4, 0.5) is 0 Å². The van der Waals surface area contributed by atoms with Crippen LogP contribution in [0.15, 0.2) is 28.7 Å². The van der Waals surface area contributed by atoms with Crippen LogP contribution in [0.1, 0.15) is 17.9 Å². The van der Waals surface area contributed by atoms with Gasteiger partial charge >= 0.3 is 0 Å². The molecule has 0 bridgehead atoms. The molecule has 0 spiro atoms. The predicted octanol–water partition coefficient (Wildman–Crippen LogP) is 1.89. The van der Waals surface area contributed by atoms with Crippen molar-refractivity contribution < 1.29 is 5.11 Å². The average molecular weight is 256 g/mol. The first kappa shape index (κ1) is 10.1. The van der Waals surface area contributed by atoms with Crippen molar-refractivity contribution >= 4 is 15.9 Å². The summed E-state index contributed by atoms with van der Waals surface area (Å²) in [7, 11) is 0. The lowest BCUT2D eigenvalue weighted by molar-refractivity contribution is 0.245. The largest absolute Gasteiger partial charge is 0.395 e. The summed E-state index contributed by atoms with van der Waals surface area (Å²) in [4.78, 5) is 0. The minimum atomic E-state index is 0.219. The summed E-state index contributed by atoms with van der Waals surface area (Å²) in [6.07, 6.45) is 1.11. The summed E-state index contributed by atoms with van der Waals surface area (Å²) >= 11 is 3.47. The number of hydrogen-bond acceptors (Lipinski definition) is 2. The minimum Gasteiger partial charge on any atom is -0.395 e. The van der Waals surface area contributed by atoms with Crippen LogP contribution in [0, 0.1) is 0 Å². The van der Waals surface area contributed by atoms with Gasteiger partial charge in [0.1, 0.15) is 0 Å². The number of aliphatic hydroxyl groups is 1. The molecule has 3 heteroatoms. The molecule has 0 amide bonds. The van der Waals surface area contributed by atoms with E-state index in [0.717, 1.165) is 17.4 Å². The van der Waals surface area contributed by atoms with Gasteiger partial charge in [-0.15, -0.1) is 0 Å². The van der Waals surface area contributed by atoms with Gasteiger partial charge in [0.05, 0.1) is 6.61 Å². The Morgan fingerprint density at radius 2 is 2.36 bits per heavy atom. The van der Waals surface area contributed by atoms with Crippen molar-refractivity contribution in [3.8, 4) is 0 Å². The fourth-order valence-electron chi connectivity index (χ4n) is 2.10. The van der Waals surface area contributed by atoms with Crippen molar-refractivity contribution in [1.82, 2.24) is 5.32 Å². The average Bonchev–Trinajstić information content (AvgIpc) is 2.65. The standard InChI is InChI=1S/C11H14BrNO/c12-9-3-1-2-8(6-9)10-4-5-13-11(10)7-14/h1-3,6,10-11,13-14H,4-5,7H2. The second kappa shape index (κ2) is 4.43. The fourth-order valence-corrected chi connectivity index (χ4v) is 2.51. The number of rotatable bonds is 2. The molecule has 1 saturated heterocycles. The molecule has 76 valence electrons. The van der Waals surface area contributed by atoms with Crippen LogP contribution in [-0.2, 0) is 0 Å². The number of benzene rings is 1. The van der Waals surface area contributed by atoms with Crippen molar-refractivity contribution in [3.05, 3.63) is 34.3 Å². The first-order valence-corrected chi connectivity index (χ1v) is 5.70. The van der Waals surface area contributed by atoms with E-state index in [1.54, 1.807) is 0 Å². The molecule has 2 atom stereocenters. The van der Waals surface area contributed by atoms with Crippen LogP contribution in [-0.4, -0.2) is 24.3 Å². The molecule has 1 aliphatic heterocycles. The third-order valence-corrected chi connectivity index (χ3v) is 3.31. The van der Waals surface area contributed by atoms with E-state index in [2.05, 4.69) is 33.4 Å². The van der Waals surface area contributed by atoms with Crippen LogP contribution in [0.3, 0.4) is 0 Å². The number of hydrogen-bond donors (Lipinski definition) is 2. The maximum absolute atomic E-state index is 9.19. The van der Waals surface area contributed by atoms with Gasteiger partial charge in [0.2, 0.25) is 0 Å². The van der Waals surface area contributed by atoms with Gasteiger partial charge in [0.15, 0.2) is 0 Å². The maximum Gasteiger partial charge on any atom is 0.0590 e. The predicted molar refractivity (Wildman–Crippen MR) is 60.4 cm³/mol. The van der Waals surface area contributed by atoms with E-state index in [-0.39, 0.29) is 12.6 Å². The number of halogens is 1. The smallest absolute Gasteiger partial charge is 0.0590 e. The van der Waals surface area contributed by atoms with E-state index < -0.39 is 0 Å². The molecule has 14 heavy (non-hydrogen) atoms. The molecule has 1 fully saturated rings. The molecule has 2 N–H and O–H groups in total. The first-order chi connectivity index (χ1) is 6.81. The van der Waals surface area contributed by atoms with Crippen LogP contribution in [0.2, 0.25) is 0 Å². The van der Waals surface area contributed by atoms with Crippen molar-refractivity contribution in [2.45, 2.75) is 18.4 Å². The zero-order valence-corrected chi connectivity index (χ0v) is 9.50. The highest BCUT2D eigenvalue weighted by atomic mass is 79.9. The molecule has 0 saturated carbocycles. The molecule has 0 aromatic heterocycles. The Kier molecular flexibility index (Phi) is 3.21. The second-order valence-electron chi connectivity index (χ2n) is 3.69. The fraction of sp³-hybridized carbons (Fsp3) is 0.455. The van der Waals surface area contributed by atoms with Gasteiger partial charge in [0, 0.05) is 16.4 Å². The van der Waals surface area contributed by atoms with E-state index >= 15 is 0 Å². The Hall–Kier alpha value is -0.380. The summed E-state index contributed by atoms with van der Waals surface area (Å²) in [5.41, 5.74) is 1.31. The zero-order chi connectivity index (χ0) is 9.97. The third-order valence-electron chi connectivity index (χ3n) is 2.82. The minimum absolute atomic E-state index is 0.219. The van der Waals surface area contributed by atoms with Gasteiger partial charge in [-0.2, -0.15) is 0 Å². The van der Waals surface area contributed by atoms with Crippen molar-refractivity contribution in [2.75, 3.05) is 13.2 Å². The highest BCUT2D eigenvalue weighted by Crippen LogP contribution is 2.28. The van der Waals surface area contributed by atoms with E-state index in [9.17, 15) is 5.11 Å². The monoisotopic (exact) mass is 255 g/mol. The van der Waals surface area contributed by atoms with Crippen molar-refractivity contribution in [2.24, 2.45) is 0 Å². The quantitative estimate of drug-likeness (QED) is 0.846. The second-order valence-corrected chi connectivity index (χ2v) is 4.61.